The number of benzene rings is 2. The van der Waals surface area contributed by atoms with Gasteiger partial charge < -0.3 is 19.1 Å². The third kappa shape index (κ3) is 7.40. The molecule has 0 bridgehead atoms. The molecule has 2 aromatic carbocycles. The van der Waals surface area contributed by atoms with Gasteiger partial charge in [0, 0.05) is 12.6 Å². The molecule has 1 saturated heterocycles. The fourth-order valence-electron chi connectivity index (χ4n) is 4.06. The number of amides is 1. The maximum atomic E-state index is 13.3. The van der Waals surface area contributed by atoms with Gasteiger partial charge in [-0.15, -0.1) is 0 Å². The highest BCUT2D eigenvalue weighted by molar-refractivity contribution is 7.92. The SMILES string of the molecule is CCC1CC(S(=O)(=O)c2ccc(Oc3ccc(C(F)(F)F)cc3)cc2)CCN1C(=O)OC(=O)OC(C)(C)C. The minimum Gasteiger partial charge on any atom is -0.457 e. The second-order valence-corrected chi connectivity index (χ2v) is 12.1. The van der Waals surface area contributed by atoms with Gasteiger partial charge in [-0.1, -0.05) is 6.92 Å². The lowest BCUT2D eigenvalue weighted by molar-refractivity contribution is -0.137. The van der Waals surface area contributed by atoms with Gasteiger partial charge in [-0.3, -0.25) is 0 Å². The first kappa shape index (κ1) is 29.3. The summed E-state index contributed by atoms with van der Waals surface area (Å²) in [7, 11) is -3.76. The number of hydrogen-bond donors (Lipinski definition) is 0. The molecular formula is C26H30F3NO7S. The Labute approximate surface area is 219 Å². The molecule has 8 nitrogen and oxygen atoms in total. The van der Waals surface area contributed by atoms with Gasteiger partial charge in [-0.2, -0.15) is 13.2 Å². The predicted molar refractivity (Wildman–Crippen MR) is 132 cm³/mol. The van der Waals surface area contributed by atoms with Crippen molar-refractivity contribution < 1.29 is 45.4 Å². The molecule has 0 saturated carbocycles. The van der Waals surface area contributed by atoms with E-state index in [-0.39, 0.29) is 35.8 Å². The third-order valence-corrected chi connectivity index (χ3v) is 8.18. The Morgan fingerprint density at radius 3 is 2.03 bits per heavy atom. The van der Waals surface area contributed by atoms with Crippen LogP contribution in [-0.4, -0.2) is 49.0 Å². The lowest BCUT2D eigenvalue weighted by atomic mass is 10.0. The summed E-state index contributed by atoms with van der Waals surface area (Å²) < 4.78 is 80.1. The fourth-order valence-corrected chi connectivity index (χ4v) is 5.85. The maximum Gasteiger partial charge on any atom is 0.517 e. The third-order valence-electron chi connectivity index (χ3n) is 5.94. The number of likely N-dealkylation sites (tertiary alicyclic amines) is 1. The van der Waals surface area contributed by atoms with Crippen LogP contribution in [0.3, 0.4) is 0 Å². The molecule has 1 aliphatic rings. The Morgan fingerprint density at radius 1 is 0.974 bits per heavy atom. The van der Waals surface area contributed by atoms with Crippen LogP contribution in [0.15, 0.2) is 53.4 Å². The first-order valence-electron chi connectivity index (χ1n) is 12.0. The van der Waals surface area contributed by atoms with Crippen LogP contribution in [0.25, 0.3) is 0 Å². The molecule has 1 amide bonds. The number of ether oxygens (including phenoxy) is 3. The Kier molecular flexibility index (Phi) is 8.65. The number of halogens is 3. The summed E-state index contributed by atoms with van der Waals surface area (Å²) in [6, 6.07) is 9.30. The first-order valence-corrected chi connectivity index (χ1v) is 13.6. The van der Waals surface area contributed by atoms with Gasteiger partial charge in [0.25, 0.3) is 0 Å². The summed E-state index contributed by atoms with van der Waals surface area (Å²) in [6.45, 7) is 6.80. The average molecular weight is 558 g/mol. The Hall–Kier alpha value is -3.28. The molecule has 12 heteroatoms. The number of carbonyl (C=O) groups is 2. The zero-order valence-corrected chi connectivity index (χ0v) is 22.3. The minimum atomic E-state index is -4.46. The van der Waals surface area contributed by atoms with Gasteiger partial charge in [-0.25, -0.2) is 18.0 Å². The summed E-state index contributed by atoms with van der Waals surface area (Å²) in [5, 5.41) is -0.764. The zero-order chi connectivity index (χ0) is 28.3. The quantitative estimate of drug-likeness (QED) is 0.302. The highest BCUT2D eigenvalue weighted by Crippen LogP contribution is 2.33. The molecule has 0 spiro atoms. The van der Waals surface area contributed by atoms with Crippen molar-refractivity contribution in [1.29, 1.82) is 0 Å². The summed E-state index contributed by atoms with van der Waals surface area (Å²) in [5.74, 6) is 0.430. The molecule has 1 aliphatic heterocycles. The normalized spacial score (nSPS) is 18.6. The monoisotopic (exact) mass is 557 g/mol. The molecule has 0 N–H and O–H groups in total. The molecule has 0 aromatic heterocycles. The second-order valence-electron chi connectivity index (χ2n) is 9.87. The van der Waals surface area contributed by atoms with Crippen molar-refractivity contribution in [3.63, 3.8) is 0 Å². The number of hydrogen-bond acceptors (Lipinski definition) is 7. The van der Waals surface area contributed by atoms with E-state index >= 15 is 0 Å². The lowest BCUT2D eigenvalue weighted by Gasteiger charge is -2.37. The highest BCUT2D eigenvalue weighted by atomic mass is 32.2. The van der Waals surface area contributed by atoms with Crippen molar-refractivity contribution >= 4 is 22.1 Å². The van der Waals surface area contributed by atoms with Crippen molar-refractivity contribution in [1.82, 2.24) is 4.90 Å². The molecule has 2 atom stereocenters. The van der Waals surface area contributed by atoms with Crippen molar-refractivity contribution in [3.05, 3.63) is 54.1 Å². The van der Waals surface area contributed by atoms with Crippen LogP contribution < -0.4 is 4.74 Å². The molecule has 1 fully saturated rings. The van der Waals surface area contributed by atoms with Gasteiger partial charge in [0.2, 0.25) is 0 Å². The van der Waals surface area contributed by atoms with Gasteiger partial charge in [0.1, 0.15) is 17.1 Å². The summed E-state index contributed by atoms with van der Waals surface area (Å²) in [4.78, 5) is 25.8. The first-order chi connectivity index (χ1) is 17.6. The number of sulfone groups is 1. The van der Waals surface area contributed by atoms with Gasteiger partial charge >= 0.3 is 18.4 Å². The molecule has 1 heterocycles. The molecule has 0 radical (unpaired) electrons. The molecule has 2 aromatic rings. The maximum absolute atomic E-state index is 13.3. The van der Waals surface area contributed by atoms with Crippen molar-refractivity contribution in [3.8, 4) is 11.5 Å². The average Bonchev–Trinajstić information content (AvgIpc) is 2.82. The number of alkyl halides is 3. The topological polar surface area (TPSA) is 99.2 Å². The summed E-state index contributed by atoms with van der Waals surface area (Å²) in [5.41, 5.74) is -1.64. The van der Waals surface area contributed by atoms with E-state index in [4.69, 9.17) is 14.2 Å². The zero-order valence-electron chi connectivity index (χ0n) is 21.4. The van der Waals surface area contributed by atoms with Crippen LogP contribution in [0.4, 0.5) is 22.8 Å². The van der Waals surface area contributed by atoms with E-state index in [2.05, 4.69) is 0 Å². The lowest BCUT2D eigenvalue weighted by Crippen LogP contribution is -2.49. The molecule has 2 unspecified atom stereocenters. The van der Waals surface area contributed by atoms with Gasteiger partial charge in [0.05, 0.1) is 15.7 Å². The molecule has 0 aliphatic carbocycles. The van der Waals surface area contributed by atoms with Crippen molar-refractivity contribution in [2.24, 2.45) is 0 Å². The minimum absolute atomic E-state index is 0.0573. The molecule has 208 valence electrons. The van der Waals surface area contributed by atoms with E-state index < -0.39 is 50.7 Å². The van der Waals surface area contributed by atoms with E-state index in [0.29, 0.717) is 6.42 Å². The number of rotatable bonds is 5. The number of nitrogens with zero attached hydrogens (tertiary/aromatic N) is 1. The predicted octanol–water partition coefficient (Wildman–Crippen LogP) is 6.59. The van der Waals surface area contributed by atoms with Crippen LogP contribution in [-0.2, 0) is 25.5 Å². The van der Waals surface area contributed by atoms with Crippen LogP contribution in [0.5, 0.6) is 11.5 Å². The highest BCUT2D eigenvalue weighted by Gasteiger charge is 2.39. The Morgan fingerprint density at radius 2 is 1.53 bits per heavy atom. The fraction of sp³-hybridized carbons (Fsp3) is 0.462. The molecule has 38 heavy (non-hydrogen) atoms. The van der Waals surface area contributed by atoms with E-state index in [1.165, 1.54) is 41.3 Å². The standard InChI is InChI=1S/C26H30F3NO7S/c1-5-18-16-22(14-15-30(18)23(31)36-24(32)37-25(2,3)4)38(33,34)21-12-10-20(11-13-21)35-19-8-6-17(7-9-19)26(27,28)29/h6-13,18,22H,5,14-16H2,1-4H3. The number of carbonyl (C=O) groups excluding carboxylic acids is 2. The van der Waals surface area contributed by atoms with E-state index in [1.54, 1.807) is 27.7 Å². The van der Waals surface area contributed by atoms with Crippen LogP contribution in [0.2, 0.25) is 0 Å². The van der Waals surface area contributed by atoms with E-state index in [0.717, 1.165) is 12.1 Å². The van der Waals surface area contributed by atoms with Gasteiger partial charge in [0.15, 0.2) is 9.84 Å². The van der Waals surface area contributed by atoms with Crippen molar-refractivity contribution in [2.45, 2.75) is 74.9 Å². The van der Waals surface area contributed by atoms with Crippen LogP contribution in [0, 0.1) is 0 Å². The molecule has 3 rings (SSSR count). The van der Waals surface area contributed by atoms with E-state index in [9.17, 15) is 31.2 Å². The van der Waals surface area contributed by atoms with E-state index in [1.807, 2.05) is 0 Å². The van der Waals surface area contributed by atoms with Crippen LogP contribution in [0.1, 0.15) is 52.5 Å². The number of piperidine rings is 1. The summed E-state index contributed by atoms with van der Waals surface area (Å²) in [6.07, 6.45) is -5.70. The Balaban J connectivity index is 1.64. The van der Waals surface area contributed by atoms with Gasteiger partial charge in [-0.05, 0) is 88.6 Å². The molecular weight excluding hydrogens is 527 g/mol. The van der Waals surface area contributed by atoms with Crippen LogP contribution >= 0.6 is 0 Å². The second kappa shape index (κ2) is 11.2. The smallest absolute Gasteiger partial charge is 0.457 e. The summed E-state index contributed by atoms with van der Waals surface area (Å²) >= 11 is 0. The largest absolute Gasteiger partial charge is 0.517 e. The Bertz CT molecular complexity index is 1240. The van der Waals surface area contributed by atoms with Crippen molar-refractivity contribution in [2.75, 3.05) is 6.54 Å².